The van der Waals surface area contributed by atoms with Crippen LogP contribution in [0.5, 0.6) is 5.75 Å². The standard InChI is InChI=1S/C25H24ClN3O3/c1-16-6-4-5-7-20(16)15-32-22-12-9-19(10-13-22)18(3)28-29-25(31)24(30)27-21-11-8-17(2)23(26)14-21/h4-14H,15H2,1-3H3,(H,27,30)(H,29,31)/b28-18+. The molecular formula is C25H24ClN3O3. The molecular weight excluding hydrogens is 426 g/mol. The molecule has 0 radical (unpaired) electrons. The molecule has 3 aromatic rings. The fourth-order valence-electron chi connectivity index (χ4n) is 2.83. The summed E-state index contributed by atoms with van der Waals surface area (Å²) in [7, 11) is 0. The van der Waals surface area contributed by atoms with Gasteiger partial charge in [-0.05, 0) is 79.4 Å². The Labute approximate surface area is 192 Å². The number of carbonyl (C=O) groups excluding carboxylic acids is 2. The maximum absolute atomic E-state index is 12.1. The molecule has 0 fully saturated rings. The number of nitrogens with one attached hydrogen (secondary N) is 2. The average molecular weight is 450 g/mol. The third-order valence-corrected chi connectivity index (χ3v) is 5.30. The summed E-state index contributed by atoms with van der Waals surface area (Å²) >= 11 is 6.03. The lowest BCUT2D eigenvalue weighted by molar-refractivity contribution is -0.136. The van der Waals surface area contributed by atoms with Gasteiger partial charge in [-0.1, -0.05) is 41.9 Å². The van der Waals surface area contributed by atoms with E-state index in [1.54, 1.807) is 25.1 Å². The molecule has 3 rings (SSSR count). The van der Waals surface area contributed by atoms with E-state index in [1.165, 1.54) is 5.56 Å². The Kier molecular flexibility index (Phi) is 7.63. The van der Waals surface area contributed by atoms with Crippen LogP contribution >= 0.6 is 11.6 Å². The van der Waals surface area contributed by atoms with Crippen molar-refractivity contribution >= 4 is 34.8 Å². The average Bonchev–Trinajstić information content (AvgIpc) is 2.79. The summed E-state index contributed by atoms with van der Waals surface area (Å²) in [5, 5.41) is 7.01. The van der Waals surface area contributed by atoms with Gasteiger partial charge in [0.25, 0.3) is 0 Å². The number of hydrogen-bond donors (Lipinski definition) is 2. The van der Waals surface area contributed by atoms with Gasteiger partial charge in [0.2, 0.25) is 0 Å². The molecule has 0 spiro atoms. The third kappa shape index (κ3) is 6.18. The highest BCUT2D eigenvalue weighted by atomic mass is 35.5. The van der Waals surface area contributed by atoms with Crippen LogP contribution in [0, 0.1) is 13.8 Å². The number of anilines is 1. The number of hydrazone groups is 1. The quantitative estimate of drug-likeness (QED) is 0.315. The molecule has 0 aliphatic carbocycles. The van der Waals surface area contributed by atoms with Gasteiger partial charge >= 0.3 is 11.8 Å². The van der Waals surface area contributed by atoms with E-state index in [1.807, 2.05) is 62.4 Å². The second-order valence-electron chi connectivity index (χ2n) is 7.30. The molecule has 7 heteroatoms. The van der Waals surface area contributed by atoms with Crippen LogP contribution in [0.3, 0.4) is 0 Å². The Morgan fingerprint density at radius 3 is 2.34 bits per heavy atom. The van der Waals surface area contributed by atoms with Crippen LogP contribution in [0.4, 0.5) is 5.69 Å². The van der Waals surface area contributed by atoms with Gasteiger partial charge in [0.1, 0.15) is 12.4 Å². The van der Waals surface area contributed by atoms with Crippen LogP contribution in [0.15, 0.2) is 71.8 Å². The normalized spacial score (nSPS) is 11.1. The Bertz CT molecular complexity index is 1160. The number of nitrogens with zero attached hydrogens (tertiary/aromatic N) is 1. The van der Waals surface area contributed by atoms with Crippen molar-refractivity contribution < 1.29 is 14.3 Å². The van der Waals surface area contributed by atoms with Gasteiger partial charge in [0, 0.05) is 10.7 Å². The zero-order valence-corrected chi connectivity index (χ0v) is 18.9. The van der Waals surface area contributed by atoms with Crippen molar-refractivity contribution in [3.63, 3.8) is 0 Å². The van der Waals surface area contributed by atoms with Gasteiger partial charge in [0.15, 0.2) is 0 Å². The smallest absolute Gasteiger partial charge is 0.329 e. The Morgan fingerprint density at radius 1 is 0.938 bits per heavy atom. The Morgan fingerprint density at radius 2 is 1.66 bits per heavy atom. The number of benzene rings is 3. The number of carbonyl (C=O) groups is 2. The summed E-state index contributed by atoms with van der Waals surface area (Å²) in [4.78, 5) is 24.1. The minimum atomic E-state index is -0.876. The molecule has 0 bridgehead atoms. The highest BCUT2D eigenvalue weighted by Crippen LogP contribution is 2.20. The van der Waals surface area contributed by atoms with Gasteiger partial charge in [-0.3, -0.25) is 9.59 Å². The summed E-state index contributed by atoms with van der Waals surface area (Å²) < 4.78 is 5.84. The van der Waals surface area contributed by atoms with Crippen LogP contribution in [0.1, 0.15) is 29.2 Å². The lowest BCUT2D eigenvalue weighted by Gasteiger charge is -2.09. The molecule has 0 saturated carbocycles. The van der Waals surface area contributed by atoms with E-state index in [0.29, 0.717) is 23.0 Å². The van der Waals surface area contributed by atoms with Gasteiger partial charge < -0.3 is 10.1 Å². The number of ether oxygens (including phenoxy) is 1. The van der Waals surface area contributed by atoms with Crippen LogP contribution in [0.25, 0.3) is 0 Å². The van der Waals surface area contributed by atoms with Crippen LogP contribution in [0.2, 0.25) is 5.02 Å². The van der Waals surface area contributed by atoms with E-state index >= 15 is 0 Å². The van der Waals surface area contributed by atoms with E-state index in [4.69, 9.17) is 16.3 Å². The van der Waals surface area contributed by atoms with Crippen LogP contribution in [-0.4, -0.2) is 17.5 Å². The Balaban J connectivity index is 1.54. The first-order chi connectivity index (χ1) is 15.3. The maximum atomic E-state index is 12.1. The zero-order chi connectivity index (χ0) is 23.1. The van der Waals surface area contributed by atoms with Crippen molar-refractivity contribution in [2.75, 3.05) is 5.32 Å². The fourth-order valence-corrected chi connectivity index (χ4v) is 3.01. The maximum Gasteiger partial charge on any atom is 0.329 e. The number of halogens is 1. The number of hydrogen-bond acceptors (Lipinski definition) is 4. The molecule has 2 N–H and O–H groups in total. The van der Waals surface area contributed by atoms with E-state index in [0.717, 1.165) is 22.4 Å². The van der Waals surface area contributed by atoms with Crippen molar-refractivity contribution in [1.82, 2.24) is 5.43 Å². The first kappa shape index (κ1) is 23.0. The second-order valence-corrected chi connectivity index (χ2v) is 7.70. The monoisotopic (exact) mass is 449 g/mol. The van der Waals surface area contributed by atoms with Crippen molar-refractivity contribution in [2.45, 2.75) is 27.4 Å². The first-order valence-electron chi connectivity index (χ1n) is 10.0. The van der Waals surface area contributed by atoms with Crippen molar-refractivity contribution in [2.24, 2.45) is 5.10 Å². The summed E-state index contributed by atoms with van der Waals surface area (Å²) in [6.45, 7) is 6.12. The SMILES string of the molecule is C/C(=N\NC(=O)C(=O)Nc1ccc(C)c(Cl)c1)c1ccc(OCc2ccccc2C)cc1. The molecule has 164 valence electrons. The minimum absolute atomic E-state index is 0.433. The lowest BCUT2D eigenvalue weighted by atomic mass is 10.1. The number of amides is 2. The summed E-state index contributed by atoms with van der Waals surface area (Å²) in [5.41, 5.74) is 7.22. The molecule has 0 unspecified atom stereocenters. The fraction of sp³-hybridized carbons (Fsp3) is 0.160. The summed E-state index contributed by atoms with van der Waals surface area (Å²) in [6, 6.07) is 20.4. The van der Waals surface area contributed by atoms with E-state index < -0.39 is 11.8 Å². The van der Waals surface area contributed by atoms with Gasteiger partial charge in [-0.15, -0.1) is 0 Å². The van der Waals surface area contributed by atoms with Crippen LogP contribution in [-0.2, 0) is 16.2 Å². The molecule has 0 aromatic heterocycles. The highest BCUT2D eigenvalue weighted by molar-refractivity contribution is 6.40. The first-order valence-corrected chi connectivity index (χ1v) is 10.4. The van der Waals surface area contributed by atoms with Crippen LogP contribution < -0.4 is 15.5 Å². The second kappa shape index (κ2) is 10.6. The molecule has 0 aliphatic heterocycles. The molecule has 0 saturated heterocycles. The summed E-state index contributed by atoms with van der Waals surface area (Å²) in [6.07, 6.45) is 0. The predicted molar refractivity (Wildman–Crippen MR) is 127 cm³/mol. The molecule has 0 aliphatic rings. The molecule has 2 amide bonds. The largest absolute Gasteiger partial charge is 0.489 e. The van der Waals surface area contributed by atoms with Gasteiger partial charge in [0.05, 0.1) is 5.71 Å². The third-order valence-electron chi connectivity index (χ3n) is 4.89. The van der Waals surface area contributed by atoms with Gasteiger partial charge in [-0.25, -0.2) is 5.43 Å². The molecule has 32 heavy (non-hydrogen) atoms. The predicted octanol–water partition coefficient (Wildman–Crippen LogP) is 5.01. The molecule has 0 atom stereocenters. The molecule has 6 nitrogen and oxygen atoms in total. The highest BCUT2D eigenvalue weighted by Gasteiger charge is 2.14. The van der Waals surface area contributed by atoms with E-state index in [-0.39, 0.29) is 0 Å². The number of rotatable bonds is 6. The number of aryl methyl sites for hydroxylation is 2. The Hall–Kier alpha value is -3.64. The van der Waals surface area contributed by atoms with E-state index in [2.05, 4.69) is 15.8 Å². The minimum Gasteiger partial charge on any atom is -0.489 e. The van der Waals surface area contributed by atoms with Crippen molar-refractivity contribution in [3.8, 4) is 5.75 Å². The summed E-state index contributed by atoms with van der Waals surface area (Å²) in [5.74, 6) is -0.981. The zero-order valence-electron chi connectivity index (χ0n) is 18.1. The molecule has 0 heterocycles. The lowest BCUT2D eigenvalue weighted by Crippen LogP contribution is -2.32. The molecule has 3 aromatic carbocycles. The van der Waals surface area contributed by atoms with Gasteiger partial charge in [-0.2, -0.15) is 5.10 Å². The van der Waals surface area contributed by atoms with E-state index in [9.17, 15) is 9.59 Å². The van der Waals surface area contributed by atoms with Crippen molar-refractivity contribution in [3.05, 3.63) is 94.0 Å². The topological polar surface area (TPSA) is 79.8 Å². The van der Waals surface area contributed by atoms with Crippen molar-refractivity contribution in [1.29, 1.82) is 0 Å².